The number of rotatable bonds is 7. The molecule has 0 radical (unpaired) electrons. The molecule has 1 atom stereocenters. The first-order valence-corrected chi connectivity index (χ1v) is 8.43. The van der Waals surface area contributed by atoms with Gasteiger partial charge in [-0.15, -0.1) is 0 Å². The molecule has 0 saturated heterocycles. The van der Waals surface area contributed by atoms with Crippen LogP contribution < -0.4 is 15.4 Å². The van der Waals surface area contributed by atoms with Gasteiger partial charge in [-0.2, -0.15) is 0 Å². The Balaban J connectivity index is 2.07. The van der Waals surface area contributed by atoms with Gasteiger partial charge >= 0.3 is 0 Å². The van der Waals surface area contributed by atoms with E-state index in [1.54, 1.807) is 7.05 Å². The van der Waals surface area contributed by atoms with Crippen LogP contribution in [-0.2, 0) is 0 Å². The highest BCUT2D eigenvalue weighted by Crippen LogP contribution is 2.31. The first-order chi connectivity index (χ1) is 11.7. The number of ether oxygens (including phenoxy) is 1. The van der Waals surface area contributed by atoms with Gasteiger partial charge in [0.2, 0.25) is 0 Å². The predicted octanol–water partition coefficient (Wildman–Crippen LogP) is 4.02. The zero-order valence-corrected chi connectivity index (χ0v) is 14.9. The van der Waals surface area contributed by atoms with Crippen molar-refractivity contribution in [1.29, 1.82) is 0 Å². The topological polar surface area (TPSA) is 58.8 Å². The van der Waals surface area contributed by atoms with Crippen molar-refractivity contribution in [2.45, 2.75) is 33.2 Å². The molecule has 0 fully saturated rings. The van der Waals surface area contributed by atoms with E-state index in [4.69, 9.17) is 9.15 Å². The number of hydrogen-bond donors (Lipinski definition) is 2. The number of nitrogens with zero attached hydrogens (tertiary/aromatic N) is 1. The van der Waals surface area contributed by atoms with E-state index in [1.165, 1.54) is 0 Å². The summed E-state index contributed by atoms with van der Waals surface area (Å²) in [7, 11) is 1.77. The number of nitrogens with one attached hydrogen (secondary N) is 2. The highest BCUT2D eigenvalue weighted by atomic mass is 16.5. The summed E-state index contributed by atoms with van der Waals surface area (Å²) >= 11 is 0. The molecular weight excluding hydrogens is 302 g/mol. The minimum absolute atomic E-state index is 0.000191. The summed E-state index contributed by atoms with van der Waals surface area (Å²) in [5, 5.41) is 7.69. The molecule has 0 spiro atoms. The van der Waals surface area contributed by atoms with E-state index in [9.17, 15) is 0 Å². The molecule has 0 aliphatic heterocycles. The number of benzene rings is 1. The molecule has 5 nitrogen and oxygen atoms in total. The predicted molar refractivity (Wildman–Crippen MR) is 99.7 cm³/mol. The Morgan fingerprint density at radius 3 is 2.96 bits per heavy atom. The molecule has 0 aliphatic carbocycles. The molecule has 5 heteroatoms. The standard InChI is InChI=1S/C19H27N3O2/c1-5-7-8-12-21-19(20-4)22-14(3)17-13-15-10-9-11-16(23-6-2)18(15)24-17/h5,7,9-11,13-14H,6,8,12H2,1-4H3,(H2,20,21,22)/b7-5+. The normalized spacial score (nSPS) is 13.4. The van der Waals surface area contributed by atoms with E-state index in [0.29, 0.717) is 6.61 Å². The second-order valence-corrected chi connectivity index (χ2v) is 5.48. The van der Waals surface area contributed by atoms with E-state index in [-0.39, 0.29) is 6.04 Å². The van der Waals surface area contributed by atoms with Crippen molar-refractivity contribution in [3.8, 4) is 5.75 Å². The Bertz CT molecular complexity index is 704. The number of para-hydroxylation sites is 1. The SMILES string of the molecule is C/C=C/CCNC(=NC)NC(C)c1cc2cccc(OCC)c2o1. The lowest BCUT2D eigenvalue weighted by Gasteiger charge is -2.15. The molecule has 1 aromatic carbocycles. The van der Waals surface area contributed by atoms with Crippen molar-refractivity contribution in [3.05, 3.63) is 42.2 Å². The number of hydrogen-bond acceptors (Lipinski definition) is 3. The van der Waals surface area contributed by atoms with Crippen LogP contribution in [0.2, 0.25) is 0 Å². The molecule has 1 unspecified atom stereocenters. The van der Waals surface area contributed by atoms with Crippen LogP contribution in [0.5, 0.6) is 5.75 Å². The van der Waals surface area contributed by atoms with Gasteiger partial charge in [-0.1, -0.05) is 24.3 Å². The summed E-state index contributed by atoms with van der Waals surface area (Å²) in [5.41, 5.74) is 0.791. The fourth-order valence-electron chi connectivity index (χ4n) is 2.45. The first kappa shape index (κ1) is 17.9. The molecule has 0 amide bonds. The van der Waals surface area contributed by atoms with Crippen molar-refractivity contribution < 1.29 is 9.15 Å². The Morgan fingerprint density at radius 2 is 2.25 bits per heavy atom. The third-order valence-electron chi connectivity index (χ3n) is 3.67. The zero-order valence-electron chi connectivity index (χ0n) is 14.9. The Morgan fingerprint density at radius 1 is 1.42 bits per heavy atom. The van der Waals surface area contributed by atoms with Crippen molar-refractivity contribution in [1.82, 2.24) is 10.6 Å². The van der Waals surface area contributed by atoms with Crippen LogP contribution in [0.4, 0.5) is 0 Å². The molecule has 2 aromatic rings. The zero-order chi connectivity index (χ0) is 17.4. The summed E-state index contributed by atoms with van der Waals surface area (Å²) in [5.74, 6) is 2.40. The summed E-state index contributed by atoms with van der Waals surface area (Å²) in [6.45, 7) is 7.50. The molecule has 0 saturated carbocycles. The third kappa shape index (κ3) is 4.54. The van der Waals surface area contributed by atoms with Crippen LogP contribution in [0.3, 0.4) is 0 Å². The van der Waals surface area contributed by atoms with Crippen LogP contribution in [0.25, 0.3) is 11.0 Å². The minimum Gasteiger partial charge on any atom is -0.490 e. The molecule has 0 bridgehead atoms. The first-order valence-electron chi connectivity index (χ1n) is 8.43. The lowest BCUT2D eigenvalue weighted by molar-refractivity contribution is 0.336. The van der Waals surface area contributed by atoms with Gasteiger partial charge in [-0.05, 0) is 39.3 Å². The second-order valence-electron chi connectivity index (χ2n) is 5.48. The summed E-state index contributed by atoms with van der Waals surface area (Å²) in [4.78, 5) is 4.26. The number of guanidine groups is 1. The van der Waals surface area contributed by atoms with Crippen LogP contribution in [-0.4, -0.2) is 26.2 Å². The lowest BCUT2D eigenvalue weighted by atomic mass is 10.2. The molecule has 130 valence electrons. The maximum atomic E-state index is 6.02. The Kier molecular flexibility index (Phi) is 6.73. The van der Waals surface area contributed by atoms with E-state index >= 15 is 0 Å². The van der Waals surface area contributed by atoms with E-state index in [1.807, 2.05) is 44.2 Å². The third-order valence-corrected chi connectivity index (χ3v) is 3.67. The van der Waals surface area contributed by atoms with Gasteiger partial charge in [0.25, 0.3) is 0 Å². The monoisotopic (exact) mass is 329 g/mol. The Hall–Kier alpha value is -2.43. The highest BCUT2D eigenvalue weighted by Gasteiger charge is 2.15. The molecule has 1 heterocycles. The maximum absolute atomic E-state index is 6.02. The molecule has 2 rings (SSSR count). The number of allylic oxidation sites excluding steroid dienone is 1. The van der Waals surface area contributed by atoms with Crippen molar-refractivity contribution >= 4 is 16.9 Å². The van der Waals surface area contributed by atoms with E-state index in [2.05, 4.69) is 28.6 Å². The number of fused-ring (bicyclic) bond motifs is 1. The second kappa shape index (κ2) is 9.01. The number of aliphatic imine (C=N–C) groups is 1. The van der Waals surface area contributed by atoms with Gasteiger partial charge in [0.05, 0.1) is 12.6 Å². The average Bonchev–Trinajstić information content (AvgIpc) is 3.03. The van der Waals surface area contributed by atoms with E-state index < -0.39 is 0 Å². The fourth-order valence-corrected chi connectivity index (χ4v) is 2.45. The molecular formula is C19H27N3O2. The quantitative estimate of drug-likeness (QED) is 0.348. The molecule has 2 N–H and O–H groups in total. The van der Waals surface area contributed by atoms with Crippen molar-refractivity contribution in [3.63, 3.8) is 0 Å². The van der Waals surface area contributed by atoms with E-state index in [0.717, 1.165) is 41.4 Å². The van der Waals surface area contributed by atoms with Crippen molar-refractivity contribution in [2.24, 2.45) is 4.99 Å². The highest BCUT2D eigenvalue weighted by molar-refractivity contribution is 5.84. The molecule has 0 aliphatic rings. The van der Waals surface area contributed by atoms with Gasteiger partial charge in [0.1, 0.15) is 5.76 Å². The summed E-state index contributed by atoms with van der Waals surface area (Å²) < 4.78 is 11.7. The van der Waals surface area contributed by atoms with Crippen LogP contribution >= 0.6 is 0 Å². The van der Waals surface area contributed by atoms with Crippen LogP contribution in [0.15, 0.2) is 45.8 Å². The smallest absolute Gasteiger partial charge is 0.191 e. The largest absolute Gasteiger partial charge is 0.490 e. The fraction of sp³-hybridized carbons (Fsp3) is 0.421. The molecule has 1 aromatic heterocycles. The van der Waals surface area contributed by atoms with Gasteiger partial charge in [-0.3, -0.25) is 4.99 Å². The maximum Gasteiger partial charge on any atom is 0.191 e. The van der Waals surface area contributed by atoms with Crippen LogP contribution in [0, 0.1) is 0 Å². The summed E-state index contributed by atoms with van der Waals surface area (Å²) in [6.07, 6.45) is 5.14. The molecule has 24 heavy (non-hydrogen) atoms. The number of furan rings is 1. The van der Waals surface area contributed by atoms with Gasteiger partial charge < -0.3 is 19.8 Å². The Labute approximate surface area is 143 Å². The lowest BCUT2D eigenvalue weighted by Crippen LogP contribution is -2.38. The minimum atomic E-state index is -0.000191. The van der Waals surface area contributed by atoms with Crippen LogP contribution in [0.1, 0.15) is 39.0 Å². The van der Waals surface area contributed by atoms with Gasteiger partial charge in [0, 0.05) is 19.0 Å². The van der Waals surface area contributed by atoms with Gasteiger partial charge in [-0.25, -0.2) is 0 Å². The van der Waals surface area contributed by atoms with Crippen molar-refractivity contribution in [2.75, 3.05) is 20.2 Å². The average molecular weight is 329 g/mol. The summed E-state index contributed by atoms with van der Waals surface area (Å²) in [6, 6.07) is 7.98. The van der Waals surface area contributed by atoms with Gasteiger partial charge in [0.15, 0.2) is 17.3 Å².